The van der Waals surface area contributed by atoms with Gasteiger partial charge in [0, 0.05) is 0 Å². The Kier molecular flexibility index (Phi) is 4.48. The quantitative estimate of drug-likeness (QED) is 0.813. The molecule has 0 aromatic heterocycles. The van der Waals surface area contributed by atoms with E-state index < -0.39 is 24.5 Å². The van der Waals surface area contributed by atoms with Crippen molar-refractivity contribution in [3.8, 4) is 0 Å². The zero-order chi connectivity index (χ0) is 11.8. The molecule has 0 fully saturated rings. The number of hydrogen-bond donors (Lipinski definition) is 1. The molecule has 0 aliphatic carbocycles. The minimum Gasteiger partial charge on any atom is -0.389 e. The molecule has 0 aromatic rings. The number of halogens is 2. The molecule has 86 valence electrons. The number of aliphatic hydroxyl groups excluding tert-OH is 1. The number of aliphatic hydroxyl groups is 1. The van der Waals surface area contributed by atoms with E-state index in [1.807, 2.05) is 0 Å². The SMILES string of the molecule is CCS(=O)(=O)[C@](Cl)(Br)[C@H](O)C(C)(C)C. The van der Waals surface area contributed by atoms with E-state index in [1.165, 1.54) is 6.92 Å². The number of rotatable bonds is 3. The van der Waals surface area contributed by atoms with E-state index in [9.17, 15) is 13.5 Å². The largest absolute Gasteiger partial charge is 0.389 e. The Balaban J connectivity index is 5.18. The molecule has 6 heteroatoms. The predicted octanol–water partition coefficient (Wildman–Crippen LogP) is 2.12. The van der Waals surface area contributed by atoms with Crippen LogP contribution in [0.3, 0.4) is 0 Å². The van der Waals surface area contributed by atoms with Crippen molar-refractivity contribution in [1.29, 1.82) is 0 Å². The summed E-state index contributed by atoms with van der Waals surface area (Å²) in [6.07, 6.45) is -1.18. The van der Waals surface area contributed by atoms with Gasteiger partial charge in [-0.05, 0) is 21.3 Å². The maximum atomic E-state index is 11.6. The lowest BCUT2D eigenvalue weighted by atomic mass is 9.90. The van der Waals surface area contributed by atoms with Crippen LogP contribution in [0.1, 0.15) is 27.7 Å². The Morgan fingerprint density at radius 2 is 1.79 bits per heavy atom. The average molecular weight is 308 g/mol. The van der Waals surface area contributed by atoms with E-state index in [1.54, 1.807) is 20.8 Å². The van der Waals surface area contributed by atoms with Gasteiger partial charge in [-0.2, -0.15) is 0 Å². The third-order valence-corrected chi connectivity index (χ3v) is 6.57. The molecular formula is C8H16BrClO3S. The van der Waals surface area contributed by atoms with Crippen molar-refractivity contribution in [2.75, 3.05) is 5.75 Å². The summed E-state index contributed by atoms with van der Waals surface area (Å²) in [5.74, 6) is -0.116. The summed E-state index contributed by atoms with van der Waals surface area (Å²) >= 11 is 8.73. The van der Waals surface area contributed by atoms with Gasteiger partial charge >= 0.3 is 0 Å². The van der Waals surface area contributed by atoms with Crippen LogP contribution in [-0.2, 0) is 9.84 Å². The molecule has 3 nitrogen and oxygen atoms in total. The van der Waals surface area contributed by atoms with Crippen LogP contribution >= 0.6 is 27.5 Å². The average Bonchev–Trinajstić information content (AvgIpc) is 2.01. The van der Waals surface area contributed by atoms with E-state index in [-0.39, 0.29) is 5.75 Å². The molecule has 0 heterocycles. The van der Waals surface area contributed by atoms with Gasteiger partial charge in [-0.1, -0.05) is 39.3 Å². The molecule has 0 aromatic carbocycles. The maximum Gasteiger partial charge on any atom is 0.225 e. The minimum atomic E-state index is -3.55. The first-order valence-electron chi connectivity index (χ1n) is 4.25. The lowest BCUT2D eigenvalue weighted by molar-refractivity contribution is 0.0692. The van der Waals surface area contributed by atoms with Crippen LogP contribution in [0.25, 0.3) is 0 Å². The van der Waals surface area contributed by atoms with Crippen molar-refractivity contribution in [2.24, 2.45) is 5.41 Å². The smallest absolute Gasteiger partial charge is 0.225 e. The fourth-order valence-electron chi connectivity index (χ4n) is 0.867. The van der Waals surface area contributed by atoms with Crippen molar-refractivity contribution in [3.63, 3.8) is 0 Å². The number of sulfone groups is 1. The second kappa shape index (κ2) is 4.28. The molecule has 0 aliphatic heterocycles. The fraction of sp³-hybridized carbons (Fsp3) is 1.00. The van der Waals surface area contributed by atoms with Crippen LogP contribution in [0.15, 0.2) is 0 Å². The minimum absolute atomic E-state index is 0.116. The fourth-order valence-corrected chi connectivity index (χ4v) is 3.97. The first-order valence-corrected chi connectivity index (χ1v) is 7.07. The molecule has 2 atom stereocenters. The van der Waals surface area contributed by atoms with E-state index in [0.717, 1.165) is 0 Å². The Hall–Kier alpha value is 0.680. The van der Waals surface area contributed by atoms with Crippen LogP contribution < -0.4 is 0 Å². The van der Waals surface area contributed by atoms with Crippen LogP contribution in [0.5, 0.6) is 0 Å². The molecular weight excluding hydrogens is 292 g/mol. The van der Waals surface area contributed by atoms with E-state index in [0.29, 0.717) is 0 Å². The Labute approximate surface area is 98.9 Å². The van der Waals surface area contributed by atoms with Gasteiger partial charge < -0.3 is 5.11 Å². The van der Waals surface area contributed by atoms with Gasteiger partial charge in [0.1, 0.15) is 6.10 Å². The summed E-state index contributed by atoms with van der Waals surface area (Å²) in [4.78, 5) is 0. The highest BCUT2D eigenvalue weighted by atomic mass is 79.9. The van der Waals surface area contributed by atoms with E-state index in [2.05, 4.69) is 15.9 Å². The Bertz CT molecular complexity index is 292. The summed E-state index contributed by atoms with van der Waals surface area (Å²) in [5.41, 5.74) is -0.604. The normalized spacial score (nSPS) is 20.2. The predicted molar refractivity (Wildman–Crippen MR) is 62.4 cm³/mol. The molecule has 0 spiro atoms. The highest BCUT2D eigenvalue weighted by Crippen LogP contribution is 2.41. The molecule has 14 heavy (non-hydrogen) atoms. The van der Waals surface area contributed by atoms with E-state index >= 15 is 0 Å². The van der Waals surface area contributed by atoms with Crippen molar-refractivity contribution in [1.82, 2.24) is 0 Å². The molecule has 1 N–H and O–H groups in total. The second-order valence-corrected chi connectivity index (χ2v) is 9.74. The molecule has 0 aliphatic rings. The number of alkyl halides is 2. The van der Waals surface area contributed by atoms with Crippen molar-refractivity contribution in [3.05, 3.63) is 0 Å². The standard InChI is InChI=1S/C8H16BrClO3S/c1-5-14(12,13)8(9,10)6(11)7(2,3)4/h6,11H,5H2,1-4H3/t6-,8+/m1/s1. The first-order chi connectivity index (χ1) is 5.97. The molecule has 0 bridgehead atoms. The van der Waals surface area contributed by atoms with Gasteiger partial charge in [0.25, 0.3) is 0 Å². The zero-order valence-corrected chi connectivity index (χ0v) is 11.9. The van der Waals surface area contributed by atoms with Crippen molar-refractivity contribution in [2.45, 2.75) is 36.9 Å². The maximum absolute atomic E-state index is 11.6. The van der Waals surface area contributed by atoms with Crippen molar-refractivity contribution < 1.29 is 13.5 Å². The monoisotopic (exact) mass is 306 g/mol. The molecule has 0 saturated carbocycles. The summed E-state index contributed by atoms with van der Waals surface area (Å²) in [6.45, 7) is 6.66. The van der Waals surface area contributed by atoms with E-state index in [4.69, 9.17) is 11.6 Å². The van der Waals surface area contributed by atoms with Crippen LogP contribution in [-0.4, -0.2) is 28.5 Å². The van der Waals surface area contributed by atoms with Gasteiger partial charge in [0.05, 0.1) is 5.75 Å². The molecule has 0 amide bonds. The lowest BCUT2D eigenvalue weighted by Gasteiger charge is -2.34. The molecule has 0 unspecified atom stereocenters. The van der Waals surface area contributed by atoms with Gasteiger partial charge in [-0.15, -0.1) is 0 Å². The van der Waals surface area contributed by atoms with Crippen LogP contribution in [0.4, 0.5) is 0 Å². The molecule has 0 radical (unpaired) electrons. The highest BCUT2D eigenvalue weighted by Gasteiger charge is 2.49. The summed E-state index contributed by atoms with van der Waals surface area (Å²) in [5, 5.41) is 9.82. The first kappa shape index (κ1) is 14.7. The van der Waals surface area contributed by atoms with Crippen molar-refractivity contribution >= 4 is 37.4 Å². The number of hydrogen-bond acceptors (Lipinski definition) is 3. The summed E-state index contributed by atoms with van der Waals surface area (Å²) in [6, 6.07) is 0. The second-order valence-electron chi connectivity index (χ2n) is 4.23. The van der Waals surface area contributed by atoms with Crippen LogP contribution in [0, 0.1) is 5.41 Å². The van der Waals surface area contributed by atoms with Gasteiger partial charge in [0.15, 0.2) is 9.84 Å². The Morgan fingerprint density at radius 1 is 1.43 bits per heavy atom. The summed E-state index contributed by atoms with van der Waals surface area (Å²) < 4.78 is 21.3. The molecule has 0 saturated heterocycles. The third-order valence-electron chi connectivity index (χ3n) is 1.93. The van der Waals surface area contributed by atoms with Gasteiger partial charge in [0.2, 0.25) is 3.12 Å². The lowest BCUT2D eigenvalue weighted by Crippen LogP contribution is -2.46. The molecule has 0 rings (SSSR count). The summed E-state index contributed by atoms with van der Waals surface area (Å²) in [7, 11) is -3.55. The van der Waals surface area contributed by atoms with Gasteiger partial charge in [-0.3, -0.25) is 0 Å². The van der Waals surface area contributed by atoms with Crippen LogP contribution in [0.2, 0.25) is 0 Å². The zero-order valence-electron chi connectivity index (χ0n) is 8.71. The third kappa shape index (κ3) is 2.84. The van der Waals surface area contributed by atoms with Gasteiger partial charge in [-0.25, -0.2) is 8.42 Å². The topological polar surface area (TPSA) is 54.4 Å². The highest BCUT2D eigenvalue weighted by molar-refractivity contribution is 9.12. The Morgan fingerprint density at radius 3 is 2.00 bits per heavy atom.